The zero-order valence-electron chi connectivity index (χ0n) is 16.7. The number of benzene rings is 1. The quantitative estimate of drug-likeness (QED) is 0.227. The molecule has 0 fully saturated rings. The van der Waals surface area contributed by atoms with Crippen LogP contribution in [0.25, 0.3) is 0 Å². The molecule has 28 heavy (non-hydrogen) atoms. The highest BCUT2D eigenvalue weighted by Gasteiger charge is 2.40. The molecule has 0 radical (unpaired) electrons. The van der Waals surface area contributed by atoms with E-state index in [1.54, 1.807) is 24.4 Å². The first-order valence-electron chi connectivity index (χ1n) is 9.71. The molecule has 8 nitrogen and oxygen atoms in total. The summed E-state index contributed by atoms with van der Waals surface area (Å²) in [5, 5.41) is 1.49. The van der Waals surface area contributed by atoms with Gasteiger partial charge in [-0.1, -0.05) is 19.4 Å². The number of hydrazine groups is 1. The van der Waals surface area contributed by atoms with Gasteiger partial charge in [-0.3, -0.25) is 14.5 Å². The molecule has 0 spiro atoms. The van der Waals surface area contributed by atoms with Crippen molar-refractivity contribution in [3.05, 3.63) is 41.2 Å². The fourth-order valence-corrected chi connectivity index (χ4v) is 3.25. The minimum absolute atomic E-state index is 0.0625. The summed E-state index contributed by atoms with van der Waals surface area (Å²) in [4.78, 5) is 26.8. The Balaban J connectivity index is 2.08. The van der Waals surface area contributed by atoms with Crippen molar-refractivity contribution in [2.75, 3.05) is 19.7 Å². The van der Waals surface area contributed by atoms with E-state index in [0.29, 0.717) is 35.7 Å². The number of carbonyl (C=O) groups is 2. The number of ether oxygens (including phenoxy) is 1. The number of fused-ring (bicyclic) bond motifs is 1. The number of carbonyl (C=O) groups excluding carboxylic acids is 2. The molecule has 2 rings (SSSR count). The van der Waals surface area contributed by atoms with Crippen LogP contribution in [0, 0.1) is 0 Å². The van der Waals surface area contributed by atoms with Crippen LogP contribution in [0.2, 0.25) is 0 Å². The summed E-state index contributed by atoms with van der Waals surface area (Å²) in [6.45, 7) is 5.22. The molecule has 1 aliphatic heterocycles. The van der Waals surface area contributed by atoms with Gasteiger partial charge in [-0.2, -0.15) is 0 Å². The Hall–Kier alpha value is -2.58. The van der Waals surface area contributed by atoms with E-state index < -0.39 is 0 Å². The van der Waals surface area contributed by atoms with Gasteiger partial charge in [0.15, 0.2) is 0 Å². The van der Waals surface area contributed by atoms with E-state index in [1.807, 2.05) is 13.8 Å². The van der Waals surface area contributed by atoms with Crippen LogP contribution in [0.15, 0.2) is 30.1 Å². The molecule has 0 aromatic heterocycles. The molecule has 0 saturated carbocycles. The lowest BCUT2D eigenvalue weighted by molar-refractivity contribution is 0.0588. The van der Waals surface area contributed by atoms with Crippen LogP contribution in [0.3, 0.4) is 0 Å². The molecular weight excluding hydrogens is 358 g/mol. The molecule has 1 aliphatic rings. The third kappa shape index (κ3) is 5.02. The van der Waals surface area contributed by atoms with Gasteiger partial charge in [0.25, 0.3) is 11.8 Å². The first-order valence-corrected chi connectivity index (χ1v) is 9.71. The maximum Gasteiger partial charge on any atom is 0.265 e. The van der Waals surface area contributed by atoms with Crippen LogP contribution in [0.4, 0.5) is 0 Å². The smallest absolute Gasteiger partial charge is 0.265 e. The fourth-order valence-electron chi connectivity index (χ4n) is 3.25. The van der Waals surface area contributed by atoms with Gasteiger partial charge in [0.05, 0.1) is 16.8 Å². The Bertz CT molecular complexity index is 735. The summed E-state index contributed by atoms with van der Waals surface area (Å²) in [7, 11) is 0. The minimum Gasteiger partial charge on any atom is -0.486 e. The third-order valence-corrected chi connectivity index (χ3v) is 4.65. The van der Waals surface area contributed by atoms with Crippen LogP contribution in [-0.4, -0.2) is 47.5 Å². The first-order chi connectivity index (χ1) is 13.4. The lowest BCUT2D eigenvalue weighted by Crippen LogP contribution is -2.37. The summed E-state index contributed by atoms with van der Waals surface area (Å²) >= 11 is 0. The standard InChI is InChI=1S/C20H31N5O3/c1-3-7-14(2)25-19(26)16-8-6-9-17(18(16)20(25)27)28-13-15(22)12-24(23)11-5-4-10-21/h6,8-9,12,14H,3-5,7,10-11,13,21-23H2,1-2H3/b15-12-. The molecule has 1 aromatic rings. The molecule has 154 valence electrons. The van der Waals surface area contributed by atoms with Crippen molar-refractivity contribution in [3.8, 4) is 5.75 Å². The van der Waals surface area contributed by atoms with Crippen molar-refractivity contribution in [2.24, 2.45) is 17.3 Å². The van der Waals surface area contributed by atoms with E-state index >= 15 is 0 Å². The van der Waals surface area contributed by atoms with Crippen molar-refractivity contribution in [3.63, 3.8) is 0 Å². The predicted molar refractivity (Wildman–Crippen MR) is 108 cm³/mol. The predicted octanol–water partition coefficient (Wildman–Crippen LogP) is 1.56. The van der Waals surface area contributed by atoms with Crippen molar-refractivity contribution in [1.82, 2.24) is 9.91 Å². The van der Waals surface area contributed by atoms with E-state index in [2.05, 4.69) is 0 Å². The molecule has 6 N–H and O–H groups in total. The maximum absolute atomic E-state index is 12.9. The second-order valence-electron chi connectivity index (χ2n) is 7.02. The molecule has 1 atom stereocenters. The van der Waals surface area contributed by atoms with Gasteiger partial charge in [-0.15, -0.1) is 0 Å². The number of amides is 2. The summed E-state index contributed by atoms with van der Waals surface area (Å²) in [5.41, 5.74) is 12.5. The number of nitrogens with zero attached hydrogens (tertiary/aromatic N) is 2. The molecule has 1 heterocycles. The lowest BCUT2D eigenvalue weighted by atomic mass is 10.1. The highest BCUT2D eigenvalue weighted by molar-refractivity contribution is 6.22. The van der Waals surface area contributed by atoms with Crippen LogP contribution in [-0.2, 0) is 0 Å². The largest absolute Gasteiger partial charge is 0.486 e. The van der Waals surface area contributed by atoms with E-state index in [9.17, 15) is 9.59 Å². The van der Waals surface area contributed by atoms with E-state index in [-0.39, 0.29) is 24.5 Å². The molecule has 1 unspecified atom stereocenters. The van der Waals surface area contributed by atoms with Gasteiger partial charge >= 0.3 is 0 Å². The summed E-state index contributed by atoms with van der Waals surface area (Å²) < 4.78 is 5.75. The van der Waals surface area contributed by atoms with Gasteiger partial charge in [0.1, 0.15) is 12.4 Å². The zero-order chi connectivity index (χ0) is 20.7. The van der Waals surface area contributed by atoms with Crippen molar-refractivity contribution in [2.45, 2.75) is 45.6 Å². The Labute approximate surface area is 166 Å². The highest BCUT2D eigenvalue weighted by Crippen LogP contribution is 2.32. The molecule has 0 aliphatic carbocycles. The Morgan fingerprint density at radius 3 is 2.71 bits per heavy atom. The average molecular weight is 390 g/mol. The number of hydrogen-bond acceptors (Lipinski definition) is 7. The Morgan fingerprint density at radius 2 is 2.04 bits per heavy atom. The van der Waals surface area contributed by atoms with Gasteiger partial charge < -0.3 is 21.2 Å². The third-order valence-electron chi connectivity index (χ3n) is 4.65. The van der Waals surface area contributed by atoms with Crippen molar-refractivity contribution >= 4 is 11.8 Å². The zero-order valence-corrected chi connectivity index (χ0v) is 16.7. The summed E-state index contributed by atoms with van der Waals surface area (Å²) in [5.74, 6) is 5.63. The van der Waals surface area contributed by atoms with Crippen molar-refractivity contribution in [1.29, 1.82) is 0 Å². The van der Waals surface area contributed by atoms with E-state index in [1.165, 1.54) is 9.91 Å². The second kappa shape index (κ2) is 10.1. The average Bonchev–Trinajstić information content (AvgIpc) is 2.91. The molecule has 8 heteroatoms. The maximum atomic E-state index is 12.9. The monoisotopic (exact) mass is 389 g/mol. The van der Waals surface area contributed by atoms with Crippen molar-refractivity contribution < 1.29 is 14.3 Å². The van der Waals surface area contributed by atoms with Gasteiger partial charge in [-0.05, 0) is 44.9 Å². The summed E-state index contributed by atoms with van der Waals surface area (Å²) in [6, 6.07) is 4.87. The molecule has 2 amide bonds. The molecular formula is C20H31N5O3. The van der Waals surface area contributed by atoms with E-state index in [0.717, 1.165) is 25.7 Å². The highest BCUT2D eigenvalue weighted by atomic mass is 16.5. The van der Waals surface area contributed by atoms with Crippen LogP contribution in [0.1, 0.15) is 60.2 Å². The van der Waals surface area contributed by atoms with Gasteiger partial charge in [0, 0.05) is 18.8 Å². The van der Waals surface area contributed by atoms with Crippen LogP contribution < -0.4 is 22.0 Å². The molecule has 0 bridgehead atoms. The number of imide groups is 1. The fraction of sp³-hybridized carbons (Fsp3) is 0.500. The number of rotatable bonds is 11. The number of unbranched alkanes of at least 4 members (excludes halogenated alkanes) is 1. The first kappa shape index (κ1) is 21.7. The molecule has 1 aromatic carbocycles. The molecule has 0 saturated heterocycles. The van der Waals surface area contributed by atoms with E-state index in [4.69, 9.17) is 22.0 Å². The number of nitrogens with two attached hydrogens (primary N) is 3. The normalized spacial score (nSPS) is 15.0. The Morgan fingerprint density at radius 1 is 1.29 bits per heavy atom. The SMILES string of the molecule is CCCC(C)N1C(=O)c2cccc(OC/C(N)=C/N(N)CCCCN)c2C1=O. The van der Waals surface area contributed by atoms with Crippen LogP contribution in [0.5, 0.6) is 5.75 Å². The van der Waals surface area contributed by atoms with Gasteiger partial charge in [0.2, 0.25) is 0 Å². The lowest BCUT2D eigenvalue weighted by Gasteiger charge is -2.21. The topological polar surface area (TPSA) is 128 Å². The minimum atomic E-state index is -0.318. The Kier molecular flexibility index (Phi) is 7.83. The summed E-state index contributed by atoms with van der Waals surface area (Å²) in [6.07, 6.45) is 5.00. The number of hydrogen-bond donors (Lipinski definition) is 3. The van der Waals surface area contributed by atoms with Gasteiger partial charge in [-0.25, -0.2) is 5.84 Å². The van der Waals surface area contributed by atoms with Crippen LogP contribution >= 0.6 is 0 Å². The second-order valence-corrected chi connectivity index (χ2v) is 7.02.